The number of aromatic nitrogens is 1. The van der Waals surface area contributed by atoms with Gasteiger partial charge in [0.25, 0.3) is 16.8 Å². The summed E-state index contributed by atoms with van der Waals surface area (Å²) in [6, 6.07) is 14.4. The van der Waals surface area contributed by atoms with Crippen LogP contribution in [0.1, 0.15) is 87.9 Å². The number of para-hydroxylation sites is 2. The normalized spacial score (nSPS) is 21.0. The molecular weight excluding hydrogens is 828 g/mol. The second-order valence-electron chi connectivity index (χ2n) is 13.8. The van der Waals surface area contributed by atoms with Crippen LogP contribution in [0.25, 0.3) is 16.3 Å². The molecule has 6 rings (SSSR count). The second-order valence-corrected chi connectivity index (χ2v) is 19.0. The van der Waals surface area contributed by atoms with Gasteiger partial charge in [-0.1, -0.05) is 42.5 Å². The van der Waals surface area contributed by atoms with Gasteiger partial charge >= 0.3 is 35.5 Å². The predicted molar refractivity (Wildman–Crippen MR) is 207 cm³/mol. The van der Waals surface area contributed by atoms with E-state index in [1.807, 2.05) is 24.3 Å². The number of hydroxylamine groups is 2. The van der Waals surface area contributed by atoms with Gasteiger partial charge in [-0.15, -0.1) is 5.06 Å². The van der Waals surface area contributed by atoms with Crippen LogP contribution < -0.4 is 43.9 Å². The van der Waals surface area contributed by atoms with E-state index in [4.69, 9.17) is 4.84 Å². The number of carbonyl (C=O) groups excluding carboxylic acids is 4. The Morgan fingerprint density at radius 3 is 2.42 bits per heavy atom. The number of allylic oxidation sites excluding steroid dienone is 2. The zero-order chi connectivity index (χ0) is 40.3. The van der Waals surface area contributed by atoms with E-state index in [0.717, 1.165) is 9.60 Å². The maximum atomic E-state index is 13.2. The van der Waals surface area contributed by atoms with Crippen LogP contribution in [-0.2, 0) is 44.3 Å². The van der Waals surface area contributed by atoms with Crippen LogP contribution in [-0.4, -0.2) is 73.2 Å². The zero-order valence-corrected chi connectivity index (χ0v) is 36.9. The number of carbonyl (C=O) groups is 4. The summed E-state index contributed by atoms with van der Waals surface area (Å²) in [6.07, 6.45) is 5.41. The van der Waals surface area contributed by atoms with Gasteiger partial charge in [-0.05, 0) is 55.2 Å². The van der Waals surface area contributed by atoms with Gasteiger partial charge < -0.3 is 19.3 Å². The third kappa shape index (κ3) is 10.1. The number of hydrogen-bond acceptors (Lipinski definition) is 13. The van der Waals surface area contributed by atoms with Crippen molar-refractivity contribution in [2.75, 3.05) is 13.1 Å². The van der Waals surface area contributed by atoms with Crippen molar-refractivity contribution in [3.05, 3.63) is 70.2 Å². The van der Waals surface area contributed by atoms with E-state index in [9.17, 15) is 45.1 Å². The molecule has 1 spiro atoms. The first-order valence-electron chi connectivity index (χ1n) is 18.4. The number of quaternary nitrogens is 1. The minimum atomic E-state index is -4.82. The second kappa shape index (κ2) is 18.9. The molecule has 3 atom stereocenters. The molecule has 1 N–H and O–H groups in total. The average Bonchev–Trinajstić information content (AvgIpc) is 3.90. The summed E-state index contributed by atoms with van der Waals surface area (Å²) in [5.74, 6) is -2.19. The van der Waals surface area contributed by atoms with Crippen LogP contribution in [0, 0.1) is 0 Å². The van der Waals surface area contributed by atoms with Gasteiger partial charge in [0.2, 0.25) is 16.8 Å². The quantitative estimate of drug-likeness (QED) is 0.0545. The fourth-order valence-electron chi connectivity index (χ4n) is 7.45. The van der Waals surface area contributed by atoms with E-state index < -0.39 is 48.8 Å². The Kier molecular flexibility index (Phi) is 15.0. The molecule has 3 unspecified atom stereocenters. The molecular formula is C37H42N4NaO11S4+. The van der Waals surface area contributed by atoms with Crippen molar-refractivity contribution in [3.8, 4) is 0 Å². The summed E-state index contributed by atoms with van der Waals surface area (Å²) in [7, 11) is -9.58. The van der Waals surface area contributed by atoms with Gasteiger partial charge in [-0.25, -0.2) is 26.1 Å². The van der Waals surface area contributed by atoms with Crippen LogP contribution in [0.15, 0.2) is 70.1 Å². The van der Waals surface area contributed by atoms with Gasteiger partial charge in [0, 0.05) is 75.8 Å². The Morgan fingerprint density at radius 1 is 1.02 bits per heavy atom. The molecule has 57 heavy (non-hydrogen) atoms. The largest absolute Gasteiger partial charge is 1.00 e. The van der Waals surface area contributed by atoms with Crippen molar-refractivity contribution >= 4 is 89.0 Å². The predicted octanol–water partition coefficient (Wildman–Crippen LogP) is 1.71. The van der Waals surface area contributed by atoms with E-state index in [2.05, 4.69) is 5.32 Å². The van der Waals surface area contributed by atoms with E-state index in [-0.39, 0.29) is 91.4 Å². The summed E-state index contributed by atoms with van der Waals surface area (Å²) >= 11 is 2.63. The monoisotopic (exact) mass is 869 g/mol. The Hall–Kier alpha value is -2.98. The number of thioether (sulfide) groups is 1. The molecule has 0 bridgehead atoms. The number of thiazole rings is 1. The minimum Gasteiger partial charge on any atom is -0.743 e. The van der Waals surface area contributed by atoms with Crippen LogP contribution in [0.3, 0.4) is 0 Å². The van der Waals surface area contributed by atoms with Crippen molar-refractivity contribution < 1.29 is 84.1 Å². The first-order chi connectivity index (χ1) is 26.6. The fraction of sp³-hybridized carbons (Fsp3) is 0.432. The molecule has 3 aromatic rings. The topological polar surface area (TPSA) is 211 Å². The van der Waals surface area contributed by atoms with E-state index in [1.54, 1.807) is 43.3 Å². The minimum absolute atomic E-state index is 0. The van der Waals surface area contributed by atoms with Crippen molar-refractivity contribution in [2.45, 2.75) is 93.2 Å². The van der Waals surface area contributed by atoms with Gasteiger partial charge in [0.05, 0.1) is 11.4 Å². The third-order valence-electron chi connectivity index (χ3n) is 10.0. The van der Waals surface area contributed by atoms with Gasteiger partial charge in [-0.3, -0.25) is 14.4 Å². The molecule has 4 heterocycles. The number of unbranched alkanes of at least 4 members (excludes halogenated alkanes) is 1. The number of nitrogens with one attached hydrogen (secondary N) is 1. The Bertz CT molecular complexity index is 2310. The molecule has 2 aromatic carbocycles. The molecule has 0 saturated carbocycles. The molecule has 2 saturated heterocycles. The molecule has 15 nitrogen and oxygen atoms in total. The molecule has 300 valence electrons. The van der Waals surface area contributed by atoms with Crippen molar-refractivity contribution in [1.82, 2.24) is 14.9 Å². The molecule has 0 radical (unpaired) electrons. The number of nitrogens with zero attached hydrogens (tertiary/aromatic N) is 3. The fourth-order valence-corrected chi connectivity index (χ4v) is 12.4. The zero-order valence-electron chi connectivity index (χ0n) is 31.6. The third-order valence-corrected chi connectivity index (χ3v) is 14.7. The number of fused-ring (bicyclic) bond motifs is 3. The van der Waals surface area contributed by atoms with E-state index in [1.165, 1.54) is 27.7 Å². The maximum absolute atomic E-state index is 13.2. The summed E-state index contributed by atoms with van der Waals surface area (Å²) in [5.41, 5.74) is 1.80. The maximum Gasteiger partial charge on any atom is 1.00 e. The van der Waals surface area contributed by atoms with Crippen LogP contribution in [0.4, 0.5) is 5.69 Å². The Balaban J connectivity index is 0.00000620. The first kappa shape index (κ1) is 45.1. The summed E-state index contributed by atoms with van der Waals surface area (Å²) < 4.78 is 78.5. The molecule has 3 aliphatic rings. The Morgan fingerprint density at radius 2 is 1.72 bits per heavy atom. The molecule has 20 heteroatoms. The standard InChI is InChI=1S/C37H42N4O11S4.Na/c1-2-10-34(55(46,47)48)39-26-11-3-5-13-28(26)53-33(39)23-25(17-18-30(42)38-21-8-7-16-37(45)52-40-31(43)19-20-32(40)44)24-35-41(22-9-15-36(41)56(49,50)51)27-12-4-6-14-29(27)54-35;/h3-6,11-14,23-24,34,36H,2,7-10,15-22H2,1H3,(H-2,38,42,46,47,48,49,50,51);/q;+1/b25-23+,35-24-;. The number of imide groups is 1. The molecule has 2 fully saturated rings. The molecule has 1 aromatic heterocycles. The smallest absolute Gasteiger partial charge is 0.743 e. The molecule has 0 aliphatic carbocycles. The van der Waals surface area contributed by atoms with Crippen molar-refractivity contribution in [2.24, 2.45) is 0 Å². The van der Waals surface area contributed by atoms with Crippen LogP contribution in [0.5, 0.6) is 0 Å². The van der Waals surface area contributed by atoms with E-state index in [0.29, 0.717) is 64.1 Å². The number of benzene rings is 2. The van der Waals surface area contributed by atoms with Gasteiger partial charge in [0.15, 0.2) is 36.3 Å². The van der Waals surface area contributed by atoms with Crippen molar-refractivity contribution in [3.63, 3.8) is 0 Å². The molecule has 3 amide bonds. The SMILES string of the molecule is CCCC([n+]1c(/C=C(/C=C2\Sc3ccccc3[N+]23CCCC3S(=O)(=O)[O-])CCC(=O)NCCCCC(=O)ON2C(=O)CCC2=O)sc2ccccc21)S(=O)(=O)[O-].[Na+]. The van der Waals surface area contributed by atoms with E-state index >= 15 is 0 Å². The van der Waals surface area contributed by atoms with Crippen molar-refractivity contribution in [1.29, 1.82) is 0 Å². The summed E-state index contributed by atoms with van der Waals surface area (Å²) in [4.78, 5) is 54.4. The Labute approximate surface area is 361 Å². The summed E-state index contributed by atoms with van der Waals surface area (Å²) in [5, 5.41) is 1.67. The number of rotatable bonds is 16. The number of amides is 3. The summed E-state index contributed by atoms with van der Waals surface area (Å²) in [6.45, 7) is 2.37. The molecule has 3 aliphatic heterocycles. The number of hydrogen-bond donors (Lipinski definition) is 1. The average molecular weight is 870 g/mol. The van der Waals surface area contributed by atoms with Crippen LogP contribution >= 0.6 is 23.1 Å². The first-order valence-corrected chi connectivity index (χ1v) is 22.9. The van der Waals surface area contributed by atoms with Crippen LogP contribution in [0.2, 0.25) is 0 Å². The van der Waals surface area contributed by atoms with Gasteiger partial charge in [-0.2, -0.15) is 4.57 Å². The van der Waals surface area contributed by atoms with Gasteiger partial charge in [0.1, 0.15) is 4.70 Å².